The van der Waals surface area contributed by atoms with Crippen LogP contribution < -0.4 is 5.32 Å². The molecule has 3 nitrogen and oxygen atoms in total. The van der Waals surface area contributed by atoms with Crippen LogP contribution in [0, 0.1) is 0 Å². The van der Waals surface area contributed by atoms with Crippen LogP contribution in [0.1, 0.15) is 6.92 Å². The maximum Gasteiger partial charge on any atom is 0.168 e. The first kappa shape index (κ1) is 10.7. The number of hydrogen-bond donors (Lipinski definition) is 1. The second-order valence-electron chi connectivity index (χ2n) is 2.47. The number of ether oxygens (including phenoxy) is 1. The third-order valence-electron chi connectivity index (χ3n) is 1.60. The molecule has 1 unspecified atom stereocenters. The van der Waals surface area contributed by atoms with Crippen LogP contribution in [0.15, 0.2) is 0 Å². The molecule has 11 heavy (non-hydrogen) atoms. The van der Waals surface area contributed by atoms with Gasteiger partial charge in [-0.1, -0.05) is 0 Å². The molecule has 0 spiro atoms. The topological polar surface area (TPSA) is 24.5 Å². The fourth-order valence-electron chi connectivity index (χ4n) is 0.730. The molecule has 0 bridgehead atoms. The van der Waals surface area contributed by atoms with Gasteiger partial charge in [0.05, 0.1) is 12.6 Å². The van der Waals surface area contributed by atoms with Gasteiger partial charge in [0.2, 0.25) is 0 Å². The van der Waals surface area contributed by atoms with Crippen molar-refractivity contribution >= 4 is 17.3 Å². The zero-order chi connectivity index (χ0) is 8.85. The molecule has 0 amide bonds. The molecule has 1 N–H and O–H groups in total. The van der Waals surface area contributed by atoms with Crippen LogP contribution in [-0.4, -0.2) is 43.9 Å². The van der Waals surface area contributed by atoms with Crippen molar-refractivity contribution in [3.63, 3.8) is 0 Å². The molecule has 0 heterocycles. The van der Waals surface area contributed by atoms with Crippen LogP contribution in [0.25, 0.3) is 0 Å². The second kappa shape index (κ2) is 5.32. The molecule has 4 heteroatoms. The Morgan fingerprint density at radius 3 is 2.64 bits per heavy atom. The number of thiocarbonyl (C=S) groups is 1. The summed E-state index contributed by atoms with van der Waals surface area (Å²) in [7, 11) is 5.45. The Hall–Kier alpha value is -0.350. The molecular weight excluding hydrogens is 160 g/mol. The van der Waals surface area contributed by atoms with E-state index in [4.69, 9.17) is 17.0 Å². The molecule has 66 valence electrons. The summed E-state index contributed by atoms with van der Waals surface area (Å²) >= 11 is 5.03. The summed E-state index contributed by atoms with van der Waals surface area (Å²) in [5.41, 5.74) is 0. The van der Waals surface area contributed by atoms with Gasteiger partial charge in [0.15, 0.2) is 5.11 Å². The minimum absolute atomic E-state index is 0.319. The summed E-state index contributed by atoms with van der Waals surface area (Å²) in [6, 6.07) is 0.319. The highest BCUT2D eigenvalue weighted by atomic mass is 32.1. The van der Waals surface area contributed by atoms with Crippen LogP contribution >= 0.6 is 12.2 Å². The Balaban J connectivity index is 3.80. The molecule has 0 radical (unpaired) electrons. The number of rotatable bonds is 3. The standard InChI is InChI=1S/C7H16N2OS/c1-6(5-10-4)9(3)7(11)8-2/h6H,5H2,1-4H3,(H,8,11). The van der Waals surface area contributed by atoms with Crippen molar-refractivity contribution in [2.45, 2.75) is 13.0 Å². The first-order valence-electron chi connectivity index (χ1n) is 3.57. The zero-order valence-electron chi connectivity index (χ0n) is 7.55. The molecule has 0 saturated carbocycles. The second-order valence-corrected chi connectivity index (χ2v) is 2.86. The fourth-order valence-corrected chi connectivity index (χ4v) is 0.909. The lowest BCUT2D eigenvalue weighted by molar-refractivity contribution is 0.145. The first-order valence-corrected chi connectivity index (χ1v) is 3.97. The van der Waals surface area contributed by atoms with E-state index in [1.807, 2.05) is 19.0 Å². The van der Waals surface area contributed by atoms with Gasteiger partial charge in [-0.05, 0) is 19.1 Å². The van der Waals surface area contributed by atoms with Gasteiger partial charge in [-0.15, -0.1) is 0 Å². The van der Waals surface area contributed by atoms with Gasteiger partial charge in [-0.25, -0.2) is 0 Å². The van der Waals surface area contributed by atoms with E-state index >= 15 is 0 Å². The van der Waals surface area contributed by atoms with E-state index in [9.17, 15) is 0 Å². The zero-order valence-corrected chi connectivity index (χ0v) is 8.36. The smallest absolute Gasteiger partial charge is 0.168 e. The number of hydrogen-bond acceptors (Lipinski definition) is 2. The summed E-state index contributed by atoms with van der Waals surface area (Å²) in [6.07, 6.45) is 0. The van der Waals surface area contributed by atoms with Crippen LogP contribution in [0.4, 0.5) is 0 Å². The molecule has 0 fully saturated rings. The number of methoxy groups -OCH3 is 1. The van der Waals surface area contributed by atoms with Crippen molar-refractivity contribution in [1.82, 2.24) is 10.2 Å². The molecule has 0 aliphatic carbocycles. The van der Waals surface area contributed by atoms with Crippen LogP contribution in [0.5, 0.6) is 0 Å². The Labute approximate surface area is 73.7 Å². The van der Waals surface area contributed by atoms with Crippen molar-refractivity contribution in [2.24, 2.45) is 0 Å². The third-order valence-corrected chi connectivity index (χ3v) is 2.10. The highest BCUT2D eigenvalue weighted by molar-refractivity contribution is 7.80. The van der Waals surface area contributed by atoms with Gasteiger partial charge in [-0.3, -0.25) is 0 Å². The molecule has 0 aliphatic heterocycles. The lowest BCUT2D eigenvalue weighted by Crippen LogP contribution is -2.42. The Morgan fingerprint density at radius 2 is 2.27 bits per heavy atom. The monoisotopic (exact) mass is 176 g/mol. The van der Waals surface area contributed by atoms with Crippen LogP contribution in [-0.2, 0) is 4.74 Å². The molecule has 0 saturated heterocycles. The number of nitrogens with zero attached hydrogens (tertiary/aromatic N) is 1. The van der Waals surface area contributed by atoms with E-state index in [-0.39, 0.29) is 0 Å². The molecule has 0 rings (SSSR count). The van der Waals surface area contributed by atoms with Crippen molar-refractivity contribution < 1.29 is 4.74 Å². The summed E-state index contributed by atoms with van der Waals surface area (Å²) in [6.45, 7) is 2.76. The van der Waals surface area contributed by atoms with Crippen molar-refractivity contribution in [3.8, 4) is 0 Å². The van der Waals surface area contributed by atoms with Crippen molar-refractivity contribution in [1.29, 1.82) is 0 Å². The maximum absolute atomic E-state index is 5.03. The Bertz CT molecular complexity index is 130. The lowest BCUT2D eigenvalue weighted by atomic mass is 10.3. The summed E-state index contributed by atoms with van der Waals surface area (Å²) in [5.74, 6) is 0. The highest BCUT2D eigenvalue weighted by Crippen LogP contribution is 1.95. The van der Waals surface area contributed by atoms with Crippen LogP contribution in [0.3, 0.4) is 0 Å². The fraction of sp³-hybridized carbons (Fsp3) is 0.857. The molecule has 0 aromatic heterocycles. The van der Waals surface area contributed by atoms with E-state index in [0.717, 1.165) is 5.11 Å². The van der Waals surface area contributed by atoms with Gasteiger partial charge in [0, 0.05) is 21.2 Å². The number of nitrogens with one attached hydrogen (secondary N) is 1. The quantitative estimate of drug-likeness (QED) is 0.631. The molecule has 0 aromatic carbocycles. The van der Waals surface area contributed by atoms with Gasteiger partial charge >= 0.3 is 0 Å². The minimum atomic E-state index is 0.319. The Morgan fingerprint density at radius 1 is 1.73 bits per heavy atom. The largest absolute Gasteiger partial charge is 0.383 e. The predicted molar refractivity (Wildman–Crippen MR) is 50.8 cm³/mol. The van der Waals surface area contributed by atoms with E-state index in [0.29, 0.717) is 12.6 Å². The van der Waals surface area contributed by atoms with Gasteiger partial charge in [-0.2, -0.15) is 0 Å². The van der Waals surface area contributed by atoms with E-state index < -0.39 is 0 Å². The van der Waals surface area contributed by atoms with Crippen molar-refractivity contribution in [3.05, 3.63) is 0 Å². The Kier molecular flexibility index (Phi) is 5.15. The third kappa shape index (κ3) is 3.53. The number of likely N-dealkylation sites (N-methyl/N-ethyl adjacent to an activating group) is 1. The SMILES string of the molecule is CNC(=S)N(C)C(C)COC. The molecule has 0 aromatic rings. The van der Waals surface area contributed by atoms with Gasteiger partial charge in [0.25, 0.3) is 0 Å². The molecule has 0 aliphatic rings. The van der Waals surface area contributed by atoms with Gasteiger partial charge < -0.3 is 15.0 Å². The maximum atomic E-state index is 5.03. The molecule has 1 atom stereocenters. The first-order chi connectivity index (χ1) is 5.13. The van der Waals surface area contributed by atoms with E-state index in [2.05, 4.69) is 12.2 Å². The summed E-state index contributed by atoms with van der Waals surface area (Å²) in [4.78, 5) is 1.97. The van der Waals surface area contributed by atoms with E-state index in [1.54, 1.807) is 7.11 Å². The normalized spacial score (nSPS) is 12.4. The average molecular weight is 176 g/mol. The summed E-state index contributed by atoms with van der Waals surface area (Å²) < 4.78 is 4.99. The van der Waals surface area contributed by atoms with E-state index in [1.165, 1.54) is 0 Å². The van der Waals surface area contributed by atoms with Crippen LogP contribution in [0.2, 0.25) is 0 Å². The predicted octanol–water partition coefficient (Wildman–Crippen LogP) is 0.457. The molecular formula is C7H16N2OS. The van der Waals surface area contributed by atoms with Gasteiger partial charge in [0.1, 0.15) is 0 Å². The minimum Gasteiger partial charge on any atom is -0.383 e. The highest BCUT2D eigenvalue weighted by Gasteiger charge is 2.09. The summed E-state index contributed by atoms with van der Waals surface area (Å²) in [5, 5.41) is 3.65. The lowest BCUT2D eigenvalue weighted by Gasteiger charge is -2.26. The average Bonchev–Trinajstić information content (AvgIpc) is 2.02. The van der Waals surface area contributed by atoms with Crippen molar-refractivity contribution in [2.75, 3.05) is 27.8 Å².